The van der Waals surface area contributed by atoms with E-state index in [9.17, 15) is 0 Å². The van der Waals surface area contributed by atoms with Gasteiger partial charge in [-0.25, -0.2) is 0 Å². The van der Waals surface area contributed by atoms with Crippen LogP contribution < -0.4 is 10.2 Å². The fourth-order valence-corrected chi connectivity index (χ4v) is 3.01. The summed E-state index contributed by atoms with van der Waals surface area (Å²) in [5.41, 5.74) is 1.30. The van der Waals surface area contributed by atoms with Crippen LogP contribution in [0.2, 0.25) is 5.02 Å². The minimum Gasteiger partial charge on any atom is -0.383 e. The molecule has 1 aromatic rings. The van der Waals surface area contributed by atoms with E-state index in [0.717, 1.165) is 49.4 Å². The average molecular weight is 329 g/mol. The molecular weight excluding hydrogens is 306 g/mol. The lowest BCUT2D eigenvalue weighted by molar-refractivity contribution is -0.917. The molecule has 2 rings (SSSR count). The van der Waals surface area contributed by atoms with E-state index in [2.05, 4.69) is 22.3 Å². The van der Waals surface area contributed by atoms with Crippen LogP contribution in [-0.4, -0.2) is 56.5 Å². The van der Waals surface area contributed by atoms with Gasteiger partial charge in [-0.05, 0) is 24.4 Å². The van der Waals surface area contributed by atoms with Crippen LogP contribution in [0.25, 0.3) is 0 Å². The summed E-state index contributed by atoms with van der Waals surface area (Å²) in [5, 5.41) is 4.89. The summed E-state index contributed by atoms with van der Waals surface area (Å²) < 4.78 is 5.02. The molecule has 1 aliphatic rings. The molecule has 116 valence electrons. The van der Waals surface area contributed by atoms with Crippen molar-refractivity contribution in [2.45, 2.75) is 6.54 Å². The van der Waals surface area contributed by atoms with Gasteiger partial charge >= 0.3 is 0 Å². The molecule has 0 atom stereocenters. The molecule has 0 amide bonds. The first kappa shape index (κ1) is 16.5. The second-order valence-corrected chi connectivity index (χ2v) is 6.09. The molecule has 6 heteroatoms. The van der Waals surface area contributed by atoms with Crippen molar-refractivity contribution in [1.82, 2.24) is 10.2 Å². The van der Waals surface area contributed by atoms with E-state index in [0.29, 0.717) is 6.61 Å². The minimum absolute atomic E-state index is 0.681. The van der Waals surface area contributed by atoms with Crippen molar-refractivity contribution in [2.75, 3.05) is 46.4 Å². The number of benzene rings is 1. The minimum atomic E-state index is 0.681. The van der Waals surface area contributed by atoms with E-state index in [1.165, 1.54) is 5.56 Å². The summed E-state index contributed by atoms with van der Waals surface area (Å²) in [6, 6.07) is 8.13. The molecule has 1 aromatic carbocycles. The number of hydrogen-bond donors (Lipinski definition) is 2. The molecule has 0 bridgehead atoms. The van der Waals surface area contributed by atoms with Crippen LogP contribution in [0.1, 0.15) is 5.56 Å². The number of methoxy groups -OCH3 is 1. The fourth-order valence-electron chi connectivity index (χ4n) is 2.51. The molecular formula is C15H23ClN3OS+. The van der Waals surface area contributed by atoms with Gasteiger partial charge in [-0.3, -0.25) is 0 Å². The SMILES string of the molecule is COCCNC(=S)N1CC[NH+](Cc2cccc(Cl)c2)CC1. The van der Waals surface area contributed by atoms with Gasteiger partial charge in [-0.1, -0.05) is 23.7 Å². The molecule has 0 aliphatic carbocycles. The quantitative estimate of drug-likeness (QED) is 0.610. The van der Waals surface area contributed by atoms with Crippen LogP contribution in [0.4, 0.5) is 0 Å². The third-order valence-electron chi connectivity index (χ3n) is 3.68. The maximum absolute atomic E-state index is 6.03. The van der Waals surface area contributed by atoms with Gasteiger partial charge in [0.2, 0.25) is 0 Å². The molecule has 1 aliphatic heterocycles. The third-order valence-corrected chi connectivity index (χ3v) is 4.32. The van der Waals surface area contributed by atoms with Crippen LogP contribution in [0.3, 0.4) is 0 Å². The molecule has 0 aromatic heterocycles. The van der Waals surface area contributed by atoms with Gasteiger partial charge in [0.1, 0.15) is 6.54 Å². The summed E-state index contributed by atoms with van der Waals surface area (Å²) in [6.45, 7) is 6.66. The lowest BCUT2D eigenvalue weighted by atomic mass is 10.2. The summed E-state index contributed by atoms with van der Waals surface area (Å²) >= 11 is 11.4. The van der Waals surface area contributed by atoms with E-state index in [4.69, 9.17) is 28.6 Å². The normalized spacial score (nSPS) is 16.0. The zero-order valence-corrected chi connectivity index (χ0v) is 14.0. The number of nitrogens with zero attached hydrogens (tertiary/aromatic N) is 1. The predicted molar refractivity (Wildman–Crippen MR) is 89.9 cm³/mol. The van der Waals surface area contributed by atoms with Gasteiger partial charge in [0.05, 0.1) is 32.8 Å². The Morgan fingerprint density at radius 1 is 1.43 bits per heavy atom. The van der Waals surface area contributed by atoms with Gasteiger partial charge in [-0.15, -0.1) is 0 Å². The van der Waals surface area contributed by atoms with Crippen LogP contribution in [0, 0.1) is 0 Å². The number of ether oxygens (including phenoxy) is 1. The molecule has 0 unspecified atom stereocenters. The van der Waals surface area contributed by atoms with Crippen molar-refractivity contribution < 1.29 is 9.64 Å². The number of hydrogen-bond acceptors (Lipinski definition) is 2. The fraction of sp³-hybridized carbons (Fsp3) is 0.533. The molecule has 1 fully saturated rings. The Labute approximate surface area is 137 Å². The molecule has 4 nitrogen and oxygen atoms in total. The zero-order valence-electron chi connectivity index (χ0n) is 12.4. The third kappa shape index (κ3) is 5.43. The predicted octanol–water partition coefficient (Wildman–Crippen LogP) is 0.561. The summed E-state index contributed by atoms with van der Waals surface area (Å²) in [6.07, 6.45) is 0. The number of piperazine rings is 1. The van der Waals surface area contributed by atoms with Gasteiger partial charge in [-0.2, -0.15) is 0 Å². The highest BCUT2D eigenvalue weighted by atomic mass is 35.5. The van der Waals surface area contributed by atoms with Crippen molar-refractivity contribution in [3.63, 3.8) is 0 Å². The second-order valence-electron chi connectivity index (χ2n) is 5.27. The Bertz CT molecular complexity index is 464. The number of quaternary nitrogens is 1. The van der Waals surface area contributed by atoms with E-state index < -0.39 is 0 Å². The molecule has 0 radical (unpaired) electrons. The van der Waals surface area contributed by atoms with Crippen molar-refractivity contribution >= 4 is 28.9 Å². The number of rotatable bonds is 5. The van der Waals surface area contributed by atoms with Crippen molar-refractivity contribution in [2.24, 2.45) is 0 Å². The summed E-state index contributed by atoms with van der Waals surface area (Å²) in [5.74, 6) is 0. The Morgan fingerprint density at radius 2 is 2.19 bits per heavy atom. The van der Waals surface area contributed by atoms with Gasteiger partial charge in [0, 0.05) is 24.2 Å². The Kier molecular flexibility index (Phi) is 6.70. The lowest BCUT2D eigenvalue weighted by Gasteiger charge is -2.33. The van der Waals surface area contributed by atoms with Crippen LogP contribution in [0.5, 0.6) is 0 Å². The van der Waals surface area contributed by atoms with Gasteiger partial charge in [0.15, 0.2) is 5.11 Å². The first-order valence-electron chi connectivity index (χ1n) is 7.29. The highest BCUT2D eigenvalue weighted by Gasteiger charge is 2.21. The Balaban J connectivity index is 1.74. The highest BCUT2D eigenvalue weighted by molar-refractivity contribution is 7.80. The van der Waals surface area contributed by atoms with Crippen LogP contribution in [0.15, 0.2) is 24.3 Å². The number of thiocarbonyl (C=S) groups is 1. The van der Waals surface area contributed by atoms with Crippen LogP contribution in [-0.2, 0) is 11.3 Å². The molecule has 0 spiro atoms. The Hall–Kier alpha value is -0.880. The average Bonchev–Trinajstić information content (AvgIpc) is 2.48. The Morgan fingerprint density at radius 3 is 2.86 bits per heavy atom. The summed E-state index contributed by atoms with van der Waals surface area (Å²) in [4.78, 5) is 3.82. The maximum Gasteiger partial charge on any atom is 0.169 e. The molecule has 2 N–H and O–H groups in total. The van der Waals surface area contributed by atoms with E-state index >= 15 is 0 Å². The zero-order chi connectivity index (χ0) is 15.1. The smallest absolute Gasteiger partial charge is 0.169 e. The van der Waals surface area contributed by atoms with E-state index in [1.807, 2.05) is 12.1 Å². The van der Waals surface area contributed by atoms with E-state index in [1.54, 1.807) is 12.0 Å². The first-order valence-corrected chi connectivity index (χ1v) is 8.07. The first-order chi connectivity index (χ1) is 10.2. The lowest BCUT2D eigenvalue weighted by Crippen LogP contribution is -3.13. The number of nitrogens with one attached hydrogen (secondary N) is 2. The molecule has 1 saturated heterocycles. The van der Waals surface area contributed by atoms with Gasteiger partial charge in [0.25, 0.3) is 0 Å². The molecule has 1 heterocycles. The van der Waals surface area contributed by atoms with E-state index in [-0.39, 0.29) is 0 Å². The highest BCUT2D eigenvalue weighted by Crippen LogP contribution is 2.09. The van der Waals surface area contributed by atoms with Crippen molar-refractivity contribution in [3.8, 4) is 0 Å². The van der Waals surface area contributed by atoms with Gasteiger partial charge < -0.3 is 19.9 Å². The molecule has 21 heavy (non-hydrogen) atoms. The second kappa shape index (κ2) is 8.54. The van der Waals surface area contributed by atoms with Crippen molar-refractivity contribution in [1.29, 1.82) is 0 Å². The number of halogens is 1. The topological polar surface area (TPSA) is 28.9 Å². The maximum atomic E-state index is 6.03. The van der Waals surface area contributed by atoms with Crippen molar-refractivity contribution in [3.05, 3.63) is 34.9 Å². The standard InChI is InChI=1S/C15H22ClN3OS/c1-20-10-5-17-15(21)19-8-6-18(7-9-19)12-13-3-2-4-14(16)11-13/h2-4,11H,5-10,12H2,1H3,(H,17,21)/p+1. The monoisotopic (exact) mass is 328 g/mol. The largest absolute Gasteiger partial charge is 0.383 e. The summed E-state index contributed by atoms with van der Waals surface area (Å²) in [7, 11) is 1.70. The molecule has 0 saturated carbocycles. The van der Waals surface area contributed by atoms with Crippen LogP contribution >= 0.6 is 23.8 Å².